The van der Waals surface area contributed by atoms with Crippen LogP contribution in [0.25, 0.3) is 33.4 Å². The van der Waals surface area contributed by atoms with E-state index >= 15 is 0 Å². The van der Waals surface area contributed by atoms with Crippen LogP contribution in [0.2, 0.25) is 0 Å². The lowest BCUT2D eigenvalue weighted by Gasteiger charge is -2.10. The van der Waals surface area contributed by atoms with E-state index in [0.29, 0.717) is 16.7 Å². The lowest BCUT2D eigenvalue weighted by atomic mass is 9.98. The van der Waals surface area contributed by atoms with Gasteiger partial charge in [-0.05, 0) is 45.7 Å². The Bertz CT molecular complexity index is 1670. The van der Waals surface area contributed by atoms with Gasteiger partial charge in [-0.1, -0.05) is 90.6 Å². The van der Waals surface area contributed by atoms with Gasteiger partial charge in [0.05, 0.1) is 5.52 Å². The standard InChI is InChI=1S/C29H21FN6S2/c30-22-15-11-20(12-16-22)18-38-29-31-26-8-4-3-7-25(26)28(32-29)37-17-19-9-13-21(14-10-19)23-5-1-2-6-24(23)27-33-35-36-34-27/h1-16H,17-18H2,(H,33,34,35,36). The number of hydrogen-bond acceptors (Lipinski definition) is 7. The van der Waals surface area contributed by atoms with Gasteiger partial charge in [0.15, 0.2) is 5.16 Å². The molecule has 0 atom stereocenters. The van der Waals surface area contributed by atoms with Crippen LogP contribution in [0, 0.1) is 5.82 Å². The maximum Gasteiger partial charge on any atom is 0.205 e. The fourth-order valence-corrected chi connectivity index (χ4v) is 5.91. The number of aromatic nitrogens is 6. The first-order valence-corrected chi connectivity index (χ1v) is 13.9. The number of benzene rings is 4. The molecule has 38 heavy (non-hydrogen) atoms. The summed E-state index contributed by atoms with van der Waals surface area (Å²) >= 11 is 3.25. The van der Waals surface area contributed by atoms with E-state index in [1.165, 1.54) is 17.7 Å². The van der Waals surface area contributed by atoms with Gasteiger partial charge in [0.25, 0.3) is 0 Å². The van der Waals surface area contributed by atoms with Crippen molar-refractivity contribution >= 4 is 34.4 Å². The summed E-state index contributed by atoms with van der Waals surface area (Å²) in [4.78, 5) is 9.62. The van der Waals surface area contributed by atoms with E-state index in [2.05, 4.69) is 57.0 Å². The average Bonchev–Trinajstić information content (AvgIpc) is 3.51. The van der Waals surface area contributed by atoms with Gasteiger partial charge in [-0.2, -0.15) is 5.21 Å². The zero-order chi connectivity index (χ0) is 25.7. The molecule has 0 aliphatic carbocycles. The molecule has 0 aliphatic rings. The third kappa shape index (κ3) is 5.44. The number of tetrazole rings is 1. The zero-order valence-electron chi connectivity index (χ0n) is 20.1. The number of rotatable bonds is 8. The van der Waals surface area contributed by atoms with Gasteiger partial charge in [0, 0.05) is 22.5 Å². The van der Waals surface area contributed by atoms with Crippen molar-refractivity contribution in [2.45, 2.75) is 21.7 Å². The monoisotopic (exact) mass is 536 g/mol. The Labute approximate surface area is 227 Å². The maximum absolute atomic E-state index is 13.2. The SMILES string of the molecule is Fc1ccc(CSc2nc(SCc3ccc(-c4ccccc4-c4nn[nH]n4)cc3)c3ccccc3n2)cc1. The fourth-order valence-electron chi connectivity index (χ4n) is 4.07. The van der Waals surface area contributed by atoms with Crippen molar-refractivity contribution in [1.29, 1.82) is 0 Å². The Morgan fingerprint density at radius 2 is 1.37 bits per heavy atom. The van der Waals surface area contributed by atoms with Crippen LogP contribution in [0.4, 0.5) is 4.39 Å². The molecule has 0 radical (unpaired) electrons. The minimum Gasteiger partial charge on any atom is -0.222 e. The van der Waals surface area contributed by atoms with E-state index < -0.39 is 0 Å². The topological polar surface area (TPSA) is 80.2 Å². The second kappa shape index (κ2) is 11.1. The van der Waals surface area contributed by atoms with Gasteiger partial charge in [-0.15, -0.1) is 22.0 Å². The summed E-state index contributed by atoms with van der Waals surface area (Å²) < 4.78 is 13.2. The minimum atomic E-state index is -0.233. The predicted octanol–water partition coefficient (Wildman–Crippen LogP) is 7.20. The number of H-pyrrole nitrogens is 1. The summed E-state index contributed by atoms with van der Waals surface area (Å²) in [6.45, 7) is 0. The third-order valence-corrected chi connectivity index (χ3v) is 7.96. The number of para-hydroxylation sites is 1. The number of thioether (sulfide) groups is 2. The summed E-state index contributed by atoms with van der Waals surface area (Å²) in [6, 6.07) is 31.2. The highest BCUT2D eigenvalue weighted by Crippen LogP contribution is 2.33. The summed E-state index contributed by atoms with van der Waals surface area (Å²) in [7, 11) is 0. The first kappa shape index (κ1) is 24.3. The molecule has 0 amide bonds. The number of hydrogen-bond donors (Lipinski definition) is 1. The van der Waals surface area contributed by atoms with Crippen molar-refractivity contribution in [2.75, 3.05) is 0 Å². The molecule has 6 aromatic rings. The van der Waals surface area contributed by atoms with Crippen LogP contribution in [0.5, 0.6) is 0 Å². The molecular weight excluding hydrogens is 515 g/mol. The van der Waals surface area contributed by atoms with Crippen molar-refractivity contribution in [3.05, 3.63) is 114 Å². The first-order valence-electron chi connectivity index (χ1n) is 11.9. The van der Waals surface area contributed by atoms with Gasteiger partial charge in [0.1, 0.15) is 10.8 Å². The molecule has 2 aromatic heterocycles. The van der Waals surface area contributed by atoms with Gasteiger partial charge >= 0.3 is 0 Å². The molecule has 0 bridgehead atoms. The van der Waals surface area contributed by atoms with E-state index in [0.717, 1.165) is 43.9 Å². The van der Waals surface area contributed by atoms with Crippen LogP contribution in [0.1, 0.15) is 11.1 Å². The Morgan fingerprint density at radius 3 is 2.13 bits per heavy atom. The van der Waals surface area contributed by atoms with Crippen molar-refractivity contribution in [3.63, 3.8) is 0 Å². The normalized spacial score (nSPS) is 11.2. The molecule has 0 unspecified atom stereocenters. The van der Waals surface area contributed by atoms with Crippen molar-refractivity contribution in [1.82, 2.24) is 30.6 Å². The molecule has 6 rings (SSSR count). The molecule has 1 N–H and O–H groups in total. The zero-order valence-corrected chi connectivity index (χ0v) is 21.7. The van der Waals surface area contributed by atoms with Crippen LogP contribution in [0.3, 0.4) is 0 Å². The summed E-state index contributed by atoms with van der Waals surface area (Å²) in [5.41, 5.74) is 6.22. The van der Waals surface area contributed by atoms with E-state index in [9.17, 15) is 4.39 Å². The van der Waals surface area contributed by atoms with E-state index in [1.807, 2.05) is 36.4 Å². The Morgan fingerprint density at radius 1 is 0.684 bits per heavy atom. The highest BCUT2D eigenvalue weighted by atomic mass is 32.2. The Balaban J connectivity index is 1.20. The molecule has 0 fully saturated rings. The van der Waals surface area contributed by atoms with Crippen LogP contribution in [0.15, 0.2) is 107 Å². The molecule has 9 heteroatoms. The first-order chi connectivity index (χ1) is 18.7. The van der Waals surface area contributed by atoms with Crippen LogP contribution in [-0.4, -0.2) is 30.6 Å². The van der Waals surface area contributed by atoms with Gasteiger partial charge in [0.2, 0.25) is 5.82 Å². The Kier molecular flexibility index (Phi) is 7.10. The van der Waals surface area contributed by atoms with Crippen molar-refractivity contribution in [2.24, 2.45) is 0 Å². The molecular formula is C29H21FN6S2. The predicted molar refractivity (Wildman–Crippen MR) is 150 cm³/mol. The smallest absolute Gasteiger partial charge is 0.205 e. The van der Waals surface area contributed by atoms with Crippen molar-refractivity contribution < 1.29 is 4.39 Å². The average molecular weight is 537 g/mol. The van der Waals surface area contributed by atoms with Crippen LogP contribution in [-0.2, 0) is 11.5 Å². The highest BCUT2D eigenvalue weighted by molar-refractivity contribution is 7.99. The van der Waals surface area contributed by atoms with E-state index in [-0.39, 0.29) is 5.82 Å². The largest absolute Gasteiger partial charge is 0.222 e. The number of halogens is 1. The van der Waals surface area contributed by atoms with Crippen molar-refractivity contribution in [3.8, 4) is 22.5 Å². The number of nitrogens with one attached hydrogen (secondary N) is 1. The van der Waals surface area contributed by atoms with E-state index in [4.69, 9.17) is 9.97 Å². The molecule has 2 heterocycles. The fraction of sp³-hybridized carbons (Fsp3) is 0.0690. The van der Waals surface area contributed by atoms with Crippen LogP contribution < -0.4 is 0 Å². The lowest BCUT2D eigenvalue weighted by Crippen LogP contribution is -1.94. The Hall–Kier alpha value is -4.08. The molecule has 186 valence electrons. The van der Waals surface area contributed by atoms with Gasteiger partial charge in [-0.3, -0.25) is 0 Å². The van der Waals surface area contributed by atoms with Gasteiger partial charge < -0.3 is 0 Å². The third-order valence-electron chi connectivity index (χ3n) is 5.98. The summed E-state index contributed by atoms with van der Waals surface area (Å²) in [5.74, 6) is 1.79. The minimum absolute atomic E-state index is 0.233. The molecule has 0 saturated heterocycles. The second-order valence-corrected chi connectivity index (χ2v) is 10.4. The number of nitrogens with zero attached hydrogens (tertiary/aromatic N) is 5. The second-order valence-electron chi connectivity index (χ2n) is 8.51. The molecule has 6 nitrogen and oxygen atoms in total. The molecule has 0 spiro atoms. The molecule has 0 aliphatic heterocycles. The molecule has 0 saturated carbocycles. The highest BCUT2D eigenvalue weighted by Gasteiger charge is 2.12. The lowest BCUT2D eigenvalue weighted by molar-refractivity contribution is 0.627. The number of fused-ring (bicyclic) bond motifs is 1. The van der Waals surface area contributed by atoms with E-state index in [1.54, 1.807) is 35.7 Å². The van der Waals surface area contributed by atoms with Crippen LogP contribution >= 0.6 is 23.5 Å². The quantitative estimate of drug-likeness (QED) is 0.125. The number of aromatic amines is 1. The summed E-state index contributed by atoms with van der Waals surface area (Å²) in [5, 5.41) is 17.2. The maximum atomic E-state index is 13.2. The van der Waals surface area contributed by atoms with Gasteiger partial charge in [-0.25, -0.2) is 14.4 Å². The molecule has 4 aromatic carbocycles. The summed E-state index contributed by atoms with van der Waals surface area (Å²) in [6.07, 6.45) is 0.